The molecule has 0 amide bonds. The third kappa shape index (κ3) is 4.62. The molecule has 3 unspecified atom stereocenters. The highest BCUT2D eigenvalue weighted by atomic mass is 16.3. The van der Waals surface area contributed by atoms with Crippen LogP contribution in [0.25, 0.3) is 0 Å². The monoisotopic (exact) mass is 267 g/mol. The number of hydrogen-bond acceptors (Lipinski definition) is 3. The number of aryl methyl sites for hydroxylation is 1. The van der Waals surface area contributed by atoms with Gasteiger partial charge in [0.2, 0.25) is 0 Å². The Bertz CT molecular complexity index is 373. The Morgan fingerprint density at radius 1 is 1.47 bits per heavy atom. The maximum Gasteiger partial charge on any atom is 0.102 e. The van der Waals surface area contributed by atoms with E-state index in [2.05, 4.69) is 31.2 Å². The van der Waals surface area contributed by atoms with Gasteiger partial charge in [0.05, 0.1) is 6.20 Å². The molecule has 0 saturated carbocycles. The van der Waals surface area contributed by atoms with Gasteiger partial charge in [-0.1, -0.05) is 27.2 Å². The van der Waals surface area contributed by atoms with Gasteiger partial charge in [-0.15, -0.1) is 0 Å². The molecule has 0 aliphatic heterocycles. The molecule has 0 aliphatic rings. The molecule has 0 aromatic carbocycles. The fraction of sp³-hybridized carbons (Fsp3) is 0.800. The van der Waals surface area contributed by atoms with Crippen LogP contribution in [-0.2, 0) is 12.6 Å². The molecule has 3 atom stereocenters. The highest BCUT2D eigenvalue weighted by Gasteiger charge is 2.26. The van der Waals surface area contributed by atoms with Crippen LogP contribution in [0.4, 0.5) is 0 Å². The van der Waals surface area contributed by atoms with Crippen LogP contribution in [0.1, 0.15) is 52.5 Å². The van der Waals surface area contributed by atoms with Gasteiger partial charge in [-0.2, -0.15) is 5.10 Å². The van der Waals surface area contributed by atoms with E-state index in [1.807, 2.05) is 20.2 Å². The van der Waals surface area contributed by atoms with E-state index in [0.29, 0.717) is 18.5 Å². The molecule has 110 valence electrons. The smallest absolute Gasteiger partial charge is 0.102 e. The van der Waals surface area contributed by atoms with E-state index in [1.54, 1.807) is 10.9 Å². The topological polar surface area (TPSA) is 50.1 Å². The molecule has 0 bridgehead atoms. The number of aromatic nitrogens is 2. The summed E-state index contributed by atoms with van der Waals surface area (Å²) in [7, 11) is 1.87. The minimum Gasteiger partial charge on any atom is -0.384 e. The Morgan fingerprint density at radius 2 is 2.16 bits per heavy atom. The van der Waals surface area contributed by atoms with Crippen LogP contribution in [0.5, 0.6) is 0 Å². The lowest BCUT2D eigenvalue weighted by atomic mass is 9.93. The van der Waals surface area contributed by atoms with E-state index < -0.39 is 5.60 Å². The molecule has 19 heavy (non-hydrogen) atoms. The van der Waals surface area contributed by atoms with Crippen LogP contribution in [-0.4, -0.2) is 27.5 Å². The summed E-state index contributed by atoms with van der Waals surface area (Å²) in [5, 5.41) is 18.2. The highest BCUT2D eigenvalue weighted by Crippen LogP contribution is 2.20. The second-order valence-corrected chi connectivity index (χ2v) is 5.84. The molecule has 1 rings (SSSR count). The van der Waals surface area contributed by atoms with Crippen molar-refractivity contribution in [2.75, 3.05) is 6.54 Å². The average Bonchev–Trinajstić information content (AvgIpc) is 2.78. The first-order valence-electron chi connectivity index (χ1n) is 7.35. The summed E-state index contributed by atoms with van der Waals surface area (Å²) in [4.78, 5) is 0. The fourth-order valence-corrected chi connectivity index (χ4v) is 2.54. The zero-order valence-electron chi connectivity index (χ0n) is 13.0. The minimum atomic E-state index is -0.867. The molecule has 1 heterocycles. The van der Waals surface area contributed by atoms with Gasteiger partial charge < -0.3 is 10.4 Å². The van der Waals surface area contributed by atoms with E-state index in [1.165, 1.54) is 12.8 Å². The van der Waals surface area contributed by atoms with Gasteiger partial charge in [0.15, 0.2) is 0 Å². The van der Waals surface area contributed by atoms with Crippen molar-refractivity contribution in [1.82, 2.24) is 15.1 Å². The normalized spacial score (nSPS) is 18.0. The second-order valence-electron chi connectivity index (χ2n) is 5.84. The van der Waals surface area contributed by atoms with Crippen molar-refractivity contribution in [3.63, 3.8) is 0 Å². The summed E-state index contributed by atoms with van der Waals surface area (Å²) in [5.74, 6) is 0.639. The summed E-state index contributed by atoms with van der Waals surface area (Å²) in [6, 6.07) is 0.461. The average molecular weight is 267 g/mol. The Hall–Kier alpha value is -0.870. The molecule has 0 spiro atoms. The standard InChI is InChI=1S/C15H29N3O/c1-6-8-12(3)14(7-2)16-11-15(4,19)13-9-17-18(5)10-13/h9-10,12,14,16,19H,6-8,11H2,1-5H3. The van der Waals surface area contributed by atoms with Crippen LogP contribution in [0, 0.1) is 5.92 Å². The molecule has 0 saturated heterocycles. The summed E-state index contributed by atoms with van der Waals surface area (Å²) in [6.45, 7) is 9.10. The molecule has 1 aromatic heterocycles. The Balaban J connectivity index is 2.58. The minimum absolute atomic E-state index is 0.461. The lowest BCUT2D eigenvalue weighted by Crippen LogP contribution is -2.43. The molecule has 0 radical (unpaired) electrons. The van der Waals surface area contributed by atoms with Gasteiger partial charge >= 0.3 is 0 Å². The maximum absolute atomic E-state index is 10.5. The van der Waals surface area contributed by atoms with Crippen molar-refractivity contribution in [3.05, 3.63) is 18.0 Å². The zero-order valence-corrected chi connectivity index (χ0v) is 13.0. The molecule has 0 aliphatic carbocycles. The summed E-state index contributed by atoms with van der Waals surface area (Å²) in [5.41, 5.74) is -0.00587. The number of nitrogens with one attached hydrogen (secondary N) is 1. The van der Waals surface area contributed by atoms with Gasteiger partial charge in [0.25, 0.3) is 0 Å². The molecule has 4 nitrogen and oxygen atoms in total. The number of aliphatic hydroxyl groups is 1. The van der Waals surface area contributed by atoms with Crippen LogP contribution in [0.3, 0.4) is 0 Å². The van der Waals surface area contributed by atoms with Gasteiger partial charge in [-0.25, -0.2) is 0 Å². The van der Waals surface area contributed by atoms with Crippen molar-refractivity contribution in [3.8, 4) is 0 Å². The second kappa shape index (κ2) is 7.06. The van der Waals surface area contributed by atoms with Gasteiger partial charge in [0, 0.05) is 31.4 Å². The van der Waals surface area contributed by atoms with E-state index in [9.17, 15) is 5.11 Å². The van der Waals surface area contributed by atoms with Crippen molar-refractivity contribution in [2.24, 2.45) is 13.0 Å². The van der Waals surface area contributed by atoms with Crippen molar-refractivity contribution in [1.29, 1.82) is 0 Å². The third-order valence-corrected chi connectivity index (χ3v) is 3.91. The highest BCUT2D eigenvalue weighted by molar-refractivity contribution is 5.14. The summed E-state index contributed by atoms with van der Waals surface area (Å²) in [6.07, 6.45) is 7.12. The van der Waals surface area contributed by atoms with Gasteiger partial charge in [-0.05, 0) is 25.7 Å². The number of rotatable bonds is 8. The number of nitrogens with zero attached hydrogens (tertiary/aromatic N) is 2. The van der Waals surface area contributed by atoms with E-state index in [4.69, 9.17) is 0 Å². The molecular weight excluding hydrogens is 238 g/mol. The fourth-order valence-electron chi connectivity index (χ4n) is 2.54. The van der Waals surface area contributed by atoms with Crippen LogP contribution < -0.4 is 5.32 Å². The summed E-state index contributed by atoms with van der Waals surface area (Å²) >= 11 is 0. The molecule has 1 aromatic rings. The maximum atomic E-state index is 10.5. The lowest BCUT2D eigenvalue weighted by Gasteiger charge is -2.29. The van der Waals surface area contributed by atoms with Crippen LogP contribution in [0.2, 0.25) is 0 Å². The predicted molar refractivity (Wildman–Crippen MR) is 78.9 cm³/mol. The zero-order chi connectivity index (χ0) is 14.5. The van der Waals surface area contributed by atoms with E-state index >= 15 is 0 Å². The molecule has 0 fully saturated rings. The first kappa shape index (κ1) is 16.2. The van der Waals surface area contributed by atoms with Crippen molar-refractivity contribution >= 4 is 0 Å². The lowest BCUT2D eigenvalue weighted by molar-refractivity contribution is 0.0510. The van der Waals surface area contributed by atoms with Gasteiger partial charge in [0.1, 0.15) is 5.60 Å². The Labute approximate surface area is 117 Å². The largest absolute Gasteiger partial charge is 0.384 e. The molecule has 4 heteroatoms. The molecule has 2 N–H and O–H groups in total. The van der Waals surface area contributed by atoms with E-state index in [0.717, 1.165) is 12.0 Å². The van der Waals surface area contributed by atoms with Crippen LogP contribution >= 0.6 is 0 Å². The van der Waals surface area contributed by atoms with E-state index in [-0.39, 0.29) is 0 Å². The first-order chi connectivity index (χ1) is 8.90. The summed E-state index contributed by atoms with van der Waals surface area (Å²) < 4.78 is 1.72. The molecular formula is C15H29N3O. The SMILES string of the molecule is CCCC(C)C(CC)NCC(C)(O)c1cnn(C)c1. The number of hydrogen-bond donors (Lipinski definition) is 2. The third-order valence-electron chi connectivity index (χ3n) is 3.91. The first-order valence-corrected chi connectivity index (χ1v) is 7.35. The van der Waals surface area contributed by atoms with Crippen molar-refractivity contribution < 1.29 is 5.11 Å². The predicted octanol–water partition coefficient (Wildman–Crippen LogP) is 2.43. The Morgan fingerprint density at radius 3 is 2.63 bits per heavy atom. The van der Waals surface area contributed by atoms with Crippen molar-refractivity contribution in [2.45, 2.75) is 58.6 Å². The van der Waals surface area contributed by atoms with Crippen LogP contribution in [0.15, 0.2) is 12.4 Å². The quantitative estimate of drug-likeness (QED) is 0.760. The van der Waals surface area contributed by atoms with Gasteiger partial charge in [-0.3, -0.25) is 4.68 Å². The Kier molecular flexibility index (Phi) is 6.01.